The zero-order valence-corrected chi connectivity index (χ0v) is 12.4. The van der Waals surface area contributed by atoms with Gasteiger partial charge in [-0.3, -0.25) is 0 Å². The molecule has 2 aromatic rings. The maximum absolute atomic E-state index is 8.75. The highest BCUT2D eigenvalue weighted by molar-refractivity contribution is 5.40. The van der Waals surface area contributed by atoms with Gasteiger partial charge < -0.3 is 5.32 Å². The largest absolute Gasteiger partial charge is 0.312 e. The third-order valence-electron chi connectivity index (χ3n) is 3.96. The molecule has 108 valence electrons. The molecule has 0 spiro atoms. The monoisotopic (exact) mass is 280 g/mol. The van der Waals surface area contributed by atoms with Gasteiger partial charge in [0.1, 0.15) is 0 Å². The van der Waals surface area contributed by atoms with Crippen LogP contribution in [-0.2, 0) is 25.8 Å². The van der Waals surface area contributed by atoms with Crippen molar-refractivity contribution < 1.29 is 0 Å². The van der Waals surface area contributed by atoms with Gasteiger partial charge in [0.15, 0.2) is 0 Å². The molecular weight excluding hydrogens is 260 g/mol. The number of nitrogens with one attached hydrogen (secondary N) is 1. The normalized spacial score (nSPS) is 13.7. The summed E-state index contributed by atoms with van der Waals surface area (Å²) in [5.41, 5.74) is 6.09. The second-order valence-corrected chi connectivity index (χ2v) is 5.46. The van der Waals surface area contributed by atoms with Crippen molar-refractivity contribution in [1.82, 2.24) is 15.1 Å². The van der Waals surface area contributed by atoms with Gasteiger partial charge in [-0.15, -0.1) is 0 Å². The smallest absolute Gasteiger partial charge is 0.0676 e. The van der Waals surface area contributed by atoms with Crippen LogP contribution in [0.5, 0.6) is 0 Å². The molecule has 0 fully saturated rings. The first-order valence-electron chi connectivity index (χ1n) is 7.60. The van der Waals surface area contributed by atoms with Gasteiger partial charge in [0, 0.05) is 25.1 Å². The highest BCUT2D eigenvalue weighted by atomic mass is 15.3. The van der Waals surface area contributed by atoms with Gasteiger partial charge in [0.2, 0.25) is 0 Å². The van der Waals surface area contributed by atoms with E-state index < -0.39 is 0 Å². The Labute approximate surface area is 125 Å². The van der Waals surface area contributed by atoms with E-state index in [2.05, 4.69) is 35.1 Å². The Morgan fingerprint density at radius 1 is 1.33 bits per heavy atom. The third kappa shape index (κ3) is 2.70. The Kier molecular flexibility index (Phi) is 4.03. The Balaban J connectivity index is 1.99. The molecule has 1 aliphatic heterocycles. The fraction of sp³-hybridized carbons (Fsp3) is 0.412. The Morgan fingerprint density at radius 2 is 2.14 bits per heavy atom. The molecule has 0 bridgehead atoms. The molecule has 3 rings (SSSR count). The number of fused-ring (bicyclic) bond motifs is 1. The number of nitrogens with zero attached hydrogens (tertiary/aromatic N) is 3. The fourth-order valence-corrected chi connectivity index (χ4v) is 2.91. The summed E-state index contributed by atoms with van der Waals surface area (Å²) in [5, 5.41) is 17.0. The average molecular weight is 280 g/mol. The number of aromatic nitrogens is 2. The van der Waals surface area contributed by atoms with Crippen LogP contribution in [0.2, 0.25) is 0 Å². The lowest BCUT2D eigenvalue weighted by atomic mass is 10.0. The summed E-state index contributed by atoms with van der Waals surface area (Å²) in [7, 11) is 0. The Bertz CT molecular complexity index is 661. The van der Waals surface area contributed by atoms with Crippen molar-refractivity contribution in [3.8, 4) is 11.8 Å². The Hall–Kier alpha value is -2.12. The summed E-state index contributed by atoms with van der Waals surface area (Å²) in [6.45, 7) is 4.13. The van der Waals surface area contributed by atoms with E-state index in [-0.39, 0.29) is 0 Å². The van der Waals surface area contributed by atoms with Crippen molar-refractivity contribution >= 4 is 0 Å². The first kappa shape index (κ1) is 13.8. The van der Waals surface area contributed by atoms with Gasteiger partial charge in [0.05, 0.1) is 29.6 Å². The SMILES string of the molecule is CCCc1nn(-c2ccc(CC#N)cc2)c2c1CNCC2. The third-order valence-corrected chi connectivity index (χ3v) is 3.96. The summed E-state index contributed by atoms with van der Waals surface area (Å²) >= 11 is 0. The highest BCUT2D eigenvalue weighted by Crippen LogP contribution is 2.23. The van der Waals surface area contributed by atoms with Crippen LogP contribution in [0.15, 0.2) is 24.3 Å². The second kappa shape index (κ2) is 6.11. The first-order chi connectivity index (χ1) is 10.3. The van der Waals surface area contributed by atoms with Gasteiger partial charge in [0.25, 0.3) is 0 Å². The van der Waals surface area contributed by atoms with Crippen molar-refractivity contribution in [3.63, 3.8) is 0 Å². The van der Waals surface area contributed by atoms with Gasteiger partial charge in [-0.2, -0.15) is 10.4 Å². The maximum Gasteiger partial charge on any atom is 0.0676 e. The van der Waals surface area contributed by atoms with Crippen LogP contribution in [0.4, 0.5) is 0 Å². The number of nitriles is 1. The fourth-order valence-electron chi connectivity index (χ4n) is 2.91. The first-order valence-corrected chi connectivity index (χ1v) is 7.60. The molecule has 0 atom stereocenters. The van der Waals surface area contributed by atoms with Crippen LogP contribution in [0.25, 0.3) is 5.69 Å². The number of hydrogen-bond donors (Lipinski definition) is 1. The van der Waals surface area contributed by atoms with E-state index in [4.69, 9.17) is 10.4 Å². The van der Waals surface area contributed by atoms with Crippen molar-refractivity contribution in [2.45, 2.75) is 39.2 Å². The summed E-state index contributed by atoms with van der Waals surface area (Å²) in [5.74, 6) is 0. The quantitative estimate of drug-likeness (QED) is 0.936. The van der Waals surface area contributed by atoms with Gasteiger partial charge >= 0.3 is 0 Å². The molecule has 21 heavy (non-hydrogen) atoms. The number of rotatable bonds is 4. The lowest BCUT2D eigenvalue weighted by molar-refractivity contribution is 0.621. The van der Waals surface area contributed by atoms with Crippen LogP contribution in [0.1, 0.15) is 35.9 Å². The molecule has 1 N–H and O–H groups in total. The van der Waals surface area contributed by atoms with Crippen LogP contribution in [-0.4, -0.2) is 16.3 Å². The van der Waals surface area contributed by atoms with E-state index in [0.29, 0.717) is 6.42 Å². The van der Waals surface area contributed by atoms with Crippen LogP contribution < -0.4 is 5.32 Å². The molecule has 4 heteroatoms. The van der Waals surface area contributed by atoms with Gasteiger partial charge in [-0.05, 0) is 24.1 Å². The van der Waals surface area contributed by atoms with Crippen LogP contribution >= 0.6 is 0 Å². The zero-order chi connectivity index (χ0) is 14.7. The standard InChI is InChI=1S/C17H20N4/c1-2-3-16-15-12-19-11-9-17(15)21(20-16)14-6-4-13(5-7-14)8-10-18/h4-7,19H,2-3,8-9,11-12H2,1H3. The maximum atomic E-state index is 8.75. The lowest BCUT2D eigenvalue weighted by Gasteiger charge is -2.15. The van der Waals surface area contributed by atoms with Gasteiger partial charge in [-0.1, -0.05) is 25.5 Å². The topological polar surface area (TPSA) is 53.6 Å². The lowest BCUT2D eigenvalue weighted by Crippen LogP contribution is -2.25. The van der Waals surface area contributed by atoms with Crippen molar-refractivity contribution in [2.75, 3.05) is 6.54 Å². The Morgan fingerprint density at radius 3 is 2.86 bits per heavy atom. The van der Waals surface area contributed by atoms with E-state index in [9.17, 15) is 0 Å². The molecule has 4 nitrogen and oxygen atoms in total. The molecule has 1 aliphatic rings. The summed E-state index contributed by atoms with van der Waals surface area (Å²) in [6, 6.07) is 10.4. The van der Waals surface area contributed by atoms with E-state index in [1.807, 2.05) is 12.1 Å². The van der Waals surface area contributed by atoms with Crippen LogP contribution in [0.3, 0.4) is 0 Å². The zero-order valence-electron chi connectivity index (χ0n) is 12.4. The molecule has 1 aromatic carbocycles. The number of aryl methyl sites for hydroxylation is 1. The minimum Gasteiger partial charge on any atom is -0.312 e. The molecule has 0 amide bonds. The van der Waals surface area contributed by atoms with E-state index in [1.165, 1.54) is 17.0 Å². The minimum atomic E-state index is 0.461. The highest BCUT2D eigenvalue weighted by Gasteiger charge is 2.20. The van der Waals surface area contributed by atoms with E-state index in [0.717, 1.165) is 43.6 Å². The van der Waals surface area contributed by atoms with Crippen molar-refractivity contribution in [1.29, 1.82) is 5.26 Å². The minimum absolute atomic E-state index is 0.461. The van der Waals surface area contributed by atoms with E-state index in [1.54, 1.807) is 0 Å². The molecule has 1 aromatic heterocycles. The molecule has 0 saturated carbocycles. The van der Waals surface area contributed by atoms with Crippen LogP contribution in [0, 0.1) is 11.3 Å². The molecule has 0 unspecified atom stereocenters. The predicted octanol–water partition coefficient (Wildman–Crippen LogP) is 2.54. The van der Waals surface area contributed by atoms with E-state index >= 15 is 0 Å². The molecule has 0 aliphatic carbocycles. The average Bonchev–Trinajstić information content (AvgIpc) is 2.88. The van der Waals surface area contributed by atoms with Crippen molar-refractivity contribution in [2.24, 2.45) is 0 Å². The molecule has 2 heterocycles. The molecule has 0 saturated heterocycles. The summed E-state index contributed by atoms with van der Waals surface area (Å²) < 4.78 is 2.09. The van der Waals surface area contributed by atoms with Crippen molar-refractivity contribution in [3.05, 3.63) is 46.8 Å². The van der Waals surface area contributed by atoms with Gasteiger partial charge in [-0.25, -0.2) is 4.68 Å². The predicted molar refractivity (Wildman–Crippen MR) is 82.3 cm³/mol. The summed E-state index contributed by atoms with van der Waals surface area (Å²) in [6.07, 6.45) is 3.63. The second-order valence-electron chi connectivity index (χ2n) is 5.46. The molecular formula is C17H20N4. The molecule has 0 radical (unpaired) electrons. The number of benzene rings is 1. The summed E-state index contributed by atoms with van der Waals surface area (Å²) in [4.78, 5) is 0. The number of hydrogen-bond acceptors (Lipinski definition) is 3.